The molecule has 112 valence electrons. The number of hydrogen-bond donors (Lipinski definition) is 1. The van der Waals surface area contributed by atoms with Crippen LogP contribution in [-0.2, 0) is 0 Å². The SMILES string of the molecule is Cc1ccc2sc(C(=O)N3CC(C)CCC3C)c(N)c2c1. The minimum atomic E-state index is 0.102. The van der Waals surface area contributed by atoms with Gasteiger partial charge in [-0.3, -0.25) is 4.79 Å². The monoisotopic (exact) mass is 302 g/mol. The highest BCUT2D eigenvalue weighted by atomic mass is 32.1. The van der Waals surface area contributed by atoms with Gasteiger partial charge in [-0.1, -0.05) is 18.6 Å². The largest absolute Gasteiger partial charge is 0.397 e. The van der Waals surface area contributed by atoms with Crippen LogP contribution in [0.4, 0.5) is 5.69 Å². The molecule has 0 bridgehead atoms. The van der Waals surface area contributed by atoms with E-state index in [2.05, 4.69) is 32.0 Å². The highest BCUT2D eigenvalue weighted by Crippen LogP contribution is 2.36. The first-order valence-electron chi connectivity index (χ1n) is 7.57. The number of nitrogens with zero attached hydrogens (tertiary/aromatic N) is 1. The molecule has 2 N–H and O–H groups in total. The number of thiophene rings is 1. The fourth-order valence-corrected chi connectivity index (χ4v) is 4.15. The molecule has 2 heterocycles. The fourth-order valence-electron chi connectivity index (χ4n) is 3.09. The molecule has 3 rings (SSSR count). The second-order valence-corrected chi connectivity index (χ2v) is 7.39. The van der Waals surface area contributed by atoms with Crippen molar-refractivity contribution in [3.8, 4) is 0 Å². The van der Waals surface area contributed by atoms with E-state index in [0.29, 0.717) is 22.5 Å². The number of carbonyl (C=O) groups is 1. The Balaban J connectivity index is 1.99. The quantitative estimate of drug-likeness (QED) is 0.863. The first kappa shape index (κ1) is 14.4. The van der Waals surface area contributed by atoms with Crippen LogP contribution in [-0.4, -0.2) is 23.4 Å². The molecular formula is C17H22N2OS. The van der Waals surface area contributed by atoms with Crippen molar-refractivity contribution in [3.05, 3.63) is 28.6 Å². The molecule has 0 aliphatic carbocycles. The zero-order chi connectivity index (χ0) is 15.1. The summed E-state index contributed by atoms with van der Waals surface area (Å²) in [6.07, 6.45) is 2.28. The Kier molecular flexibility index (Phi) is 3.66. The zero-order valence-electron chi connectivity index (χ0n) is 12.8. The Labute approximate surface area is 129 Å². The van der Waals surface area contributed by atoms with Crippen LogP contribution in [0.1, 0.15) is 41.9 Å². The average Bonchev–Trinajstić information content (AvgIpc) is 2.78. The average molecular weight is 302 g/mol. The molecule has 2 unspecified atom stereocenters. The minimum Gasteiger partial charge on any atom is -0.397 e. The minimum absolute atomic E-state index is 0.102. The van der Waals surface area contributed by atoms with E-state index in [1.54, 1.807) is 0 Å². The first-order valence-corrected chi connectivity index (χ1v) is 8.38. The van der Waals surface area contributed by atoms with Gasteiger partial charge in [0, 0.05) is 22.7 Å². The molecule has 0 saturated carbocycles. The van der Waals surface area contributed by atoms with Gasteiger partial charge in [0.25, 0.3) is 5.91 Å². The smallest absolute Gasteiger partial charge is 0.266 e. The van der Waals surface area contributed by atoms with E-state index >= 15 is 0 Å². The van der Waals surface area contributed by atoms with Gasteiger partial charge in [-0.2, -0.15) is 0 Å². The molecule has 2 atom stereocenters. The van der Waals surface area contributed by atoms with Crippen LogP contribution < -0.4 is 5.73 Å². The number of rotatable bonds is 1. The van der Waals surface area contributed by atoms with Gasteiger partial charge in [0.2, 0.25) is 0 Å². The van der Waals surface area contributed by atoms with Gasteiger partial charge < -0.3 is 10.6 Å². The molecule has 1 aromatic heterocycles. The molecule has 1 saturated heterocycles. The van der Waals surface area contributed by atoms with Crippen LogP contribution >= 0.6 is 11.3 Å². The molecular weight excluding hydrogens is 280 g/mol. The lowest BCUT2D eigenvalue weighted by Gasteiger charge is -2.36. The summed E-state index contributed by atoms with van der Waals surface area (Å²) < 4.78 is 1.10. The van der Waals surface area contributed by atoms with Gasteiger partial charge >= 0.3 is 0 Å². The van der Waals surface area contributed by atoms with Crippen LogP contribution in [0.3, 0.4) is 0 Å². The highest BCUT2D eigenvalue weighted by Gasteiger charge is 2.30. The maximum Gasteiger partial charge on any atom is 0.266 e. The number of nitrogen functional groups attached to an aromatic ring is 1. The lowest BCUT2D eigenvalue weighted by atomic mass is 9.95. The summed E-state index contributed by atoms with van der Waals surface area (Å²) in [5.41, 5.74) is 8.08. The fraction of sp³-hybridized carbons (Fsp3) is 0.471. The van der Waals surface area contributed by atoms with E-state index in [-0.39, 0.29) is 5.91 Å². The van der Waals surface area contributed by atoms with Crippen molar-refractivity contribution in [2.24, 2.45) is 5.92 Å². The molecule has 3 nitrogen and oxygen atoms in total. The number of aryl methyl sites for hydroxylation is 1. The lowest BCUT2D eigenvalue weighted by molar-refractivity contribution is 0.0580. The summed E-state index contributed by atoms with van der Waals surface area (Å²) in [7, 11) is 0. The molecule has 1 aliphatic heterocycles. The number of amides is 1. The van der Waals surface area contributed by atoms with Gasteiger partial charge in [0.15, 0.2) is 0 Å². The molecule has 1 fully saturated rings. The van der Waals surface area contributed by atoms with Crippen molar-refractivity contribution < 1.29 is 4.79 Å². The van der Waals surface area contributed by atoms with E-state index in [9.17, 15) is 4.79 Å². The maximum absolute atomic E-state index is 12.9. The van der Waals surface area contributed by atoms with Gasteiger partial charge in [-0.05, 0) is 44.7 Å². The number of likely N-dealkylation sites (tertiary alicyclic amines) is 1. The number of hydrogen-bond acceptors (Lipinski definition) is 3. The summed E-state index contributed by atoms with van der Waals surface area (Å²) in [6.45, 7) is 7.24. The van der Waals surface area contributed by atoms with E-state index < -0.39 is 0 Å². The predicted octanol–water partition coefficient (Wildman–Crippen LogP) is 4.05. The lowest BCUT2D eigenvalue weighted by Crippen LogP contribution is -2.44. The van der Waals surface area contributed by atoms with E-state index in [1.807, 2.05) is 11.8 Å². The molecule has 0 spiro atoms. The van der Waals surface area contributed by atoms with Crippen molar-refractivity contribution >= 4 is 33.0 Å². The Morgan fingerprint density at radius 1 is 1.33 bits per heavy atom. The second-order valence-electron chi connectivity index (χ2n) is 6.33. The first-order chi connectivity index (χ1) is 9.97. The van der Waals surface area contributed by atoms with Crippen molar-refractivity contribution in [3.63, 3.8) is 0 Å². The van der Waals surface area contributed by atoms with E-state index in [4.69, 9.17) is 5.73 Å². The number of carbonyl (C=O) groups excluding carboxylic acids is 1. The van der Waals surface area contributed by atoms with Gasteiger partial charge in [-0.15, -0.1) is 11.3 Å². The van der Waals surface area contributed by atoms with Crippen LogP contribution in [0.25, 0.3) is 10.1 Å². The summed E-state index contributed by atoms with van der Waals surface area (Å²) in [4.78, 5) is 15.6. The predicted molar refractivity (Wildman–Crippen MR) is 89.9 cm³/mol. The summed E-state index contributed by atoms with van der Waals surface area (Å²) in [5.74, 6) is 0.674. The Hall–Kier alpha value is -1.55. The summed E-state index contributed by atoms with van der Waals surface area (Å²) >= 11 is 1.52. The van der Waals surface area contributed by atoms with Crippen LogP contribution in [0.5, 0.6) is 0 Å². The Morgan fingerprint density at radius 2 is 2.10 bits per heavy atom. The van der Waals surface area contributed by atoms with E-state index in [1.165, 1.54) is 23.3 Å². The number of fused-ring (bicyclic) bond motifs is 1. The molecule has 4 heteroatoms. The van der Waals surface area contributed by atoms with Crippen molar-refractivity contribution in [2.45, 2.75) is 39.7 Å². The second kappa shape index (κ2) is 5.34. The summed E-state index contributed by atoms with van der Waals surface area (Å²) in [5, 5.41) is 1.01. The van der Waals surface area contributed by atoms with Crippen LogP contribution in [0.2, 0.25) is 0 Å². The number of piperidine rings is 1. The van der Waals surface area contributed by atoms with Gasteiger partial charge in [0.1, 0.15) is 4.88 Å². The molecule has 0 radical (unpaired) electrons. The highest BCUT2D eigenvalue weighted by molar-refractivity contribution is 7.21. The van der Waals surface area contributed by atoms with Crippen molar-refractivity contribution in [1.82, 2.24) is 4.90 Å². The summed E-state index contributed by atoms with van der Waals surface area (Å²) in [6, 6.07) is 6.50. The Bertz CT molecular complexity index is 691. The standard InChI is InChI=1S/C17H22N2OS/c1-10-5-7-14-13(8-10)15(18)16(21-14)17(20)19-9-11(2)4-6-12(19)3/h5,7-8,11-12H,4,6,9,18H2,1-3H3. The Morgan fingerprint density at radius 3 is 2.86 bits per heavy atom. The maximum atomic E-state index is 12.9. The third kappa shape index (κ3) is 2.53. The third-order valence-electron chi connectivity index (χ3n) is 4.45. The topological polar surface area (TPSA) is 46.3 Å². The molecule has 1 aromatic carbocycles. The number of anilines is 1. The van der Waals surface area contributed by atoms with Gasteiger partial charge in [0.05, 0.1) is 5.69 Å². The third-order valence-corrected chi connectivity index (χ3v) is 5.63. The molecule has 21 heavy (non-hydrogen) atoms. The zero-order valence-corrected chi connectivity index (χ0v) is 13.7. The molecule has 1 amide bonds. The molecule has 2 aromatic rings. The van der Waals surface area contributed by atoms with Gasteiger partial charge in [-0.25, -0.2) is 0 Å². The number of nitrogens with two attached hydrogens (primary N) is 1. The van der Waals surface area contributed by atoms with E-state index in [0.717, 1.165) is 23.1 Å². The molecule has 1 aliphatic rings. The van der Waals surface area contributed by atoms with Crippen molar-refractivity contribution in [2.75, 3.05) is 12.3 Å². The van der Waals surface area contributed by atoms with Crippen LogP contribution in [0, 0.1) is 12.8 Å². The normalized spacial score (nSPS) is 22.7. The number of benzene rings is 1. The van der Waals surface area contributed by atoms with Crippen molar-refractivity contribution in [1.29, 1.82) is 0 Å². The van der Waals surface area contributed by atoms with Crippen LogP contribution in [0.15, 0.2) is 18.2 Å².